The van der Waals surface area contributed by atoms with Crippen LogP contribution in [-0.4, -0.2) is 101 Å². The highest BCUT2D eigenvalue weighted by atomic mass is 32.2. The van der Waals surface area contributed by atoms with E-state index in [1.165, 1.54) is 41.2 Å². The largest absolute Gasteiger partial charge is 0.444 e. The first-order valence-corrected chi connectivity index (χ1v) is 26.1. The van der Waals surface area contributed by atoms with E-state index in [0.717, 1.165) is 59.6 Å². The van der Waals surface area contributed by atoms with Gasteiger partial charge in [0.1, 0.15) is 30.3 Å². The molecular weight excluding hydrogens is 909 g/mol. The average Bonchev–Trinajstić information content (AvgIpc) is 3.84. The van der Waals surface area contributed by atoms with Crippen molar-refractivity contribution in [2.45, 2.75) is 135 Å². The summed E-state index contributed by atoms with van der Waals surface area (Å²) in [4.78, 5) is 104. The maximum atomic E-state index is 14.3. The number of piperidine rings is 1. The third kappa shape index (κ3) is 12.8. The summed E-state index contributed by atoms with van der Waals surface area (Å²) < 4.78 is 5.84. The first-order chi connectivity index (χ1) is 33.6. The number of rotatable bonds is 21. The number of fused-ring (bicyclic) bond motifs is 1. The lowest BCUT2D eigenvalue weighted by molar-refractivity contribution is -0.137. The summed E-state index contributed by atoms with van der Waals surface area (Å²) in [6.45, 7) is 13.2. The minimum Gasteiger partial charge on any atom is -0.444 e. The number of thioether (sulfide) groups is 1. The van der Waals surface area contributed by atoms with Crippen molar-refractivity contribution in [3.63, 3.8) is 0 Å². The Morgan fingerprint density at radius 2 is 1.59 bits per heavy atom. The summed E-state index contributed by atoms with van der Waals surface area (Å²) >= 11 is 1.66. The number of pyridine rings is 1. The molecule has 7 rings (SSSR count). The minimum absolute atomic E-state index is 0.0412. The van der Waals surface area contributed by atoms with Crippen LogP contribution >= 0.6 is 11.8 Å². The molecule has 1 aliphatic carbocycles. The van der Waals surface area contributed by atoms with Crippen LogP contribution in [0.4, 0.5) is 22.1 Å². The minimum atomic E-state index is -0.925. The molecule has 1 saturated heterocycles. The maximum Gasteiger partial charge on any atom is 0.415 e. The Morgan fingerprint density at radius 1 is 0.871 bits per heavy atom. The maximum absolute atomic E-state index is 14.3. The SMILES string of the molecule is CCN(C(=O)OCc1ccc(NC(=O)C(C)NC(=O)C(NC(=O)CCCCCN2C(=O)C=CC2=O)C(C)C)cc1)c1cc(C2CC(C)C2)cc(N2Cc3c(SC)cc(CN4CCCCC4)cc3C2=O)n1. The standard InChI is InChI=1S/C53H68N8O8S/c1-7-59(44-28-39(38-24-34(4)25-38)29-45(56-44)61-31-42-41(52(61)67)26-37(27-43(42)70-6)30-58-21-11-9-12-22-58)53(68)69-32-36-15-17-40(18-16-36)55-50(65)35(5)54-51(66)49(33(2)3)57-46(62)14-10-8-13-23-60-47(63)19-20-48(60)64/h15-20,26-29,33-35,38,49H,7-14,21-25,30-32H2,1-6H3,(H,54,66)(H,55,65)(H,57,62). The van der Waals surface area contributed by atoms with Gasteiger partial charge in [0, 0.05) is 54.4 Å². The normalized spacial score (nSPS) is 18.6. The van der Waals surface area contributed by atoms with Gasteiger partial charge in [-0.1, -0.05) is 45.7 Å². The lowest BCUT2D eigenvalue weighted by Crippen LogP contribution is -2.53. The Bertz CT molecular complexity index is 2450. The van der Waals surface area contributed by atoms with Gasteiger partial charge in [0.05, 0.1) is 6.54 Å². The summed E-state index contributed by atoms with van der Waals surface area (Å²) in [7, 11) is 0. The molecule has 1 saturated carbocycles. The van der Waals surface area contributed by atoms with E-state index >= 15 is 0 Å². The second-order valence-corrected chi connectivity index (χ2v) is 20.3. The summed E-state index contributed by atoms with van der Waals surface area (Å²) in [5.74, 6) is -0.422. The van der Waals surface area contributed by atoms with Gasteiger partial charge in [-0.25, -0.2) is 9.78 Å². The summed E-state index contributed by atoms with van der Waals surface area (Å²) in [5, 5.41) is 8.29. The van der Waals surface area contributed by atoms with Crippen LogP contribution in [-0.2, 0) is 48.4 Å². The Morgan fingerprint density at radius 3 is 2.24 bits per heavy atom. The Hall–Kier alpha value is -6.07. The van der Waals surface area contributed by atoms with Crippen LogP contribution < -0.4 is 25.8 Å². The van der Waals surface area contributed by atoms with Gasteiger partial charge < -0.3 is 20.7 Å². The van der Waals surface area contributed by atoms with Crippen molar-refractivity contribution >= 4 is 70.6 Å². The van der Waals surface area contributed by atoms with Crippen molar-refractivity contribution in [3.8, 4) is 0 Å². The number of anilines is 3. The van der Waals surface area contributed by atoms with E-state index in [-0.39, 0.29) is 55.7 Å². The number of aromatic nitrogens is 1. The highest BCUT2D eigenvalue weighted by Gasteiger charge is 2.35. The molecule has 17 heteroatoms. The number of hydrogen-bond donors (Lipinski definition) is 3. The van der Waals surface area contributed by atoms with Gasteiger partial charge in [0.2, 0.25) is 17.7 Å². The summed E-state index contributed by atoms with van der Waals surface area (Å²) in [6, 6.07) is 13.3. The lowest BCUT2D eigenvalue weighted by Gasteiger charge is -2.34. The van der Waals surface area contributed by atoms with Crippen molar-refractivity contribution in [3.05, 3.63) is 88.5 Å². The molecule has 2 unspecified atom stereocenters. The molecule has 3 aliphatic heterocycles. The van der Waals surface area contributed by atoms with Gasteiger partial charge >= 0.3 is 6.09 Å². The number of nitrogens with one attached hydrogen (secondary N) is 3. The van der Waals surface area contributed by atoms with Crippen molar-refractivity contribution < 1.29 is 38.3 Å². The molecular formula is C53H68N8O8S. The molecule has 2 atom stereocenters. The first-order valence-electron chi connectivity index (χ1n) is 24.9. The zero-order valence-corrected chi connectivity index (χ0v) is 42.2. The number of nitrogens with zero attached hydrogens (tertiary/aromatic N) is 5. The molecule has 70 heavy (non-hydrogen) atoms. The third-order valence-corrected chi connectivity index (χ3v) is 14.5. The Labute approximate surface area is 415 Å². The van der Waals surface area contributed by atoms with E-state index in [0.29, 0.717) is 60.5 Å². The van der Waals surface area contributed by atoms with Gasteiger partial charge in [-0.3, -0.25) is 48.4 Å². The van der Waals surface area contributed by atoms with Crippen molar-refractivity contribution in [1.29, 1.82) is 0 Å². The smallest absolute Gasteiger partial charge is 0.415 e. The van der Waals surface area contributed by atoms with Crippen LogP contribution in [0.15, 0.2) is 65.6 Å². The van der Waals surface area contributed by atoms with Crippen LogP contribution in [0.2, 0.25) is 0 Å². The molecule has 2 fully saturated rings. The molecule has 374 valence electrons. The first kappa shape index (κ1) is 51.8. The fourth-order valence-corrected chi connectivity index (χ4v) is 10.2. The van der Waals surface area contributed by atoms with Gasteiger partial charge in [-0.05, 0) is 148 Å². The number of unbranched alkanes of at least 4 members (excludes halogenated alkanes) is 2. The van der Waals surface area contributed by atoms with Gasteiger partial charge in [0.15, 0.2) is 0 Å². The van der Waals surface area contributed by atoms with E-state index in [4.69, 9.17) is 9.72 Å². The predicted molar refractivity (Wildman–Crippen MR) is 270 cm³/mol. The number of likely N-dealkylation sites (tertiary alicyclic amines) is 1. The number of imide groups is 1. The lowest BCUT2D eigenvalue weighted by atomic mass is 9.72. The number of benzene rings is 2. The van der Waals surface area contributed by atoms with Crippen molar-refractivity contribution in [2.75, 3.05) is 47.6 Å². The van der Waals surface area contributed by atoms with E-state index in [1.54, 1.807) is 61.7 Å². The fraction of sp³-hybridized carbons (Fsp3) is 0.509. The Balaban J connectivity index is 0.918. The van der Waals surface area contributed by atoms with E-state index < -0.39 is 30.0 Å². The predicted octanol–water partition coefficient (Wildman–Crippen LogP) is 7.70. The molecule has 2 aromatic carbocycles. The number of hydrogen-bond acceptors (Lipinski definition) is 11. The number of amides is 7. The monoisotopic (exact) mass is 976 g/mol. The molecule has 0 bridgehead atoms. The van der Waals surface area contributed by atoms with E-state index in [9.17, 15) is 33.6 Å². The molecule has 3 N–H and O–H groups in total. The third-order valence-electron chi connectivity index (χ3n) is 13.7. The number of carbonyl (C=O) groups excluding carboxylic acids is 7. The van der Waals surface area contributed by atoms with Crippen LogP contribution in [0, 0.1) is 11.8 Å². The van der Waals surface area contributed by atoms with Crippen LogP contribution in [0.25, 0.3) is 0 Å². The van der Waals surface area contributed by atoms with Gasteiger partial charge in [0.25, 0.3) is 17.7 Å². The second kappa shape index (κ2) is 23.7. The number of ether oxygens (including phenoxy) is 1. The molecule has 1 aromatic heterocycles. The van der Waals surface area contributed by atoms with Crippen LogP contribution in [0.1, 0.15) is 131 Å². The van der Waals surface area contributed by atoms with Crippen LogP contribution in [0.3, 0.4) is 0 Å². The molecule has 3 aromatic rings. The van der Waals surface area contributed by atoms with Gasteiger partial charge in [-0.2, -0.15) is 0 Å². The van der Waals surface area contributed by atoms with E-state index in [2.05, 4.69) is 46.2 Å². The second-order valence-electron chi connectivity index (χ2n) is 19.4. The average molecular weight is 977 g/mol. The summed E-state index contributed by atoms with van der Waals surface area (Å²) in [5.41, 5.74) is 5.08. The molecule has 0 radical (unpaired) electrons. The molecule has 0 spiro atoms. The molecule has 4 heterocycles. The van der Waals surface area contributed by atoms with Crippen LogP contribution in [0.5, 0.6) is 0 Å². The zero-order chi connectivity index (χ0) is 50.1. The highest BCUT2D eigenvalue weighted by molar-refractivity contribution is 7.98. The van der Waals surface area contributed by atoms with E-state index in [1.807, 2.05) is 19.1 Å². The zero-order valence-electron chi connectivity index (χ0n) is 41.4. The fourth-order valence-electron chi connectivity index (χ4n) is 9.55. The van der Waals surface area contributed by atoms with Gasteiger partial charge in [-0.15, -0.1) is 11.8 Å². The highest BCUT2D eigenvalue weighted by Crippen LogP contribution is 2.44. The quantitative estimate of drug-likeness (QED) is 0.0539. The Kier molecular flexibility index (Phi) is 17.5. The number of carbonyl (C=O) groups is 7. The molecule has 4 aliphatic rings. The topological polar surface area (TPSA) is 191 Å². The van der Waals surface area contributed by atoms with Crippen molar-refractivity contribution in [1.82, 2.24) is 25.4 Å². The molecule has 16 nitrogen and oxygen atoms in total. The van der Waals surface area contributed by atoms with Crippen molar-refractivity contribution in [2.24, 2.45) is 11.8 Å². The summed E-state index contributed by atoms with van der Waals surface area (Å²) in [6.07, 6.45) is 11.5. The molecule has 7 amide bonds.